The van der Waals surface area contributed by atoms with Gasteiger partial charge in [-0.1, -0.05) is 74.7 Å². The highest BCUT2D eigenvalue weighted by Crippen LogP contribution is 2.21. The first-order valence-corrected chi connectivity index (χ1v) is 10.4. The summed E-state index contributed by atoms with van der Waals surface area (Å²) in [6.07, 6.45) is 4.39. The molecule has 156 valence electrons. The van der Waals surface area contributed by atoms with Gasteiger partial charge in [0.05, 0.1) is 0 Å². The molecule has 0 aromatic heterocycles. The second-order valence-corrected chi connectivity index (χ2v) is 5.31. The van der Waals surface area contributed by atoms with Crippen LogP contribution in [0.4, 0.5) is 0 Å². The van der Waals surface area contributed by atoms with Crippen LogP contribution < -0.4 is 11.1 Å². The van der Waals surface area contributed by atoms with Crippen LogP contribution in [0.25, 0.3) is 0 Å². The number of unbranched alkanes of at least 4 members (excludes halogenated alkanes) is 3. The van der Waals surface area contributed by atoms with E-state index in [4.69, 9.17) is 5.73 Å². The average molecular weight is 374 g/mol. The van der Waals surface area contributed by atoms with Gasteiger partial charge in [0.1, 0.15) is 6.04 Å². The largest absolute Gasteiger partial charge is 0.354 e. The minimum atomic E-state index is -0.869. The first-order valence-electron chi connectivity index (χ1n) is 10.4. The molecule has 0 aromatic rings. The lowest BCUT2D eigenvalue weighted by Gasteiger charge is -2.24. The fourth-order valence-electron chi connectivity index (χ4n) is 2.35. The predicted molar refractivity (Wildman–Crippen MR) is 110 cm³/mol. The molecule has 1 aliphatic heterocycles. The van der Waals surface area contributed by atoms with Crippen molar-refractivity contribution < 1.29 is 14.4 Å². The van der Waals surface area contributed by atoms with Gasteiger partial charge in [-0.3, -0.25) is 19.3 Å². The third kappa shape index (κ3) is 10.5. The predicted octanol–water partition coefficient (Wildman–Crippen LogP) is 3.48. The number of nitrogens with one attached hydrogen (secondary N) is 1. The molecule has 1 heterocycles. The Morgan fingerprint density at radius 3 is 2.04 bits per heavy atom. The van der Waals surface area contributed by atoms with E-state index in [1.807, 2.05) is 41.5 Å². The van der Waals surface area contributed by atoms with Crippen LogP contribution in [0.15, 0.2) is 0 Å². The van der Waals surface area contributed by atoms with Crippen LogP contribution in [0.2, 0.25) is 0 Å². The lowest BCUT2D eigenvalue weighted by atomic mass is 10.1. The Morgan fingerprint density at radius 2 is 1.65 bits per heavy atom. The third-order valence-electron chi connectivity index (χ3n) is 3.58. The monoisotopic (exact) mass is 373 g/mol. The first kappa shape index (κ1) is 29.3. The summed E-state index contributed by atoms with van der Waals surface area (Å²) in [5, 5.41) is 2.76. The topological polar surface area (TPSA) is 92.5 Å². The highest BCUT2D eigenvalue weighted by Gasteiger charge is 2.42. The molecule has 1 aliphatic rings. The Balaban J connectivity index is -0.000000795. The Morgan fingerprint density at radius 1 is 1.12 bits per heavy atom. The molecule has 1 saturated heterocycles. The molecule has 0 aliphatic carbocycles. The Labute approximate surface area is 161 Å². The molecule has 2 unspecified atom stereocenters. The number of amides is 3. The summed E-state index contributed by atoms with van der Waals surface area (Å²) in [6.45, 7) is 16.3. The zero-order valence-corrected chi connectivity index (χ0v) is 18.4. The van der Waals surface area contributed by atoms with Crippen molar-refractivity contribution >= 4 is 17.7 Å². The van der Waals surface area contributed by atoms with Crippen molar-refractivity contribution in [1.29, 1.82) is 0 Å². The minimum absolute atomic E-state index is 0.0367. The van der Waals surface area contributed by atoms with Gasteiger partial charge in [0.2, 0.25) is 17.7 Å². The number of imide groups is 1. The molecule has 26 heavy (non-hydrogen) atoms. The van der Waals surface area contributed by atoms with Crippen molar-refractivity contribution in [3.8, 4) is 0 Å². The third-order valence-corrected chi connectivity index (χ3v) is 3.58. The van der Waals surface area contributed by atoms with Crippen LogP contribution in [0.3, 0.4) is 0 Å². The van der Waals surface area contributed by atoms with Crippen LogP contribution in [0.1, 0.15) is 87.5 Å². The zero-order chi connectivity index (χ0) is 21.1. The highest BCUT2D eigenvalue weighted by atomic mass is 16.2. The SMILES string of the molecule is CC.CC.CC.CCCCCCNC(=O)C(CN)N1C(=O)CC(C)C1=O. The van der Waals surface area contributed by atoms with Gasteiger partial charge in [0.15, 0.2) is 0 Å². The van der Waals surface area contributed by atoms with Crippen LogP contribution in [0.5, 0.6) is 0 Å². The molecule has 0 spiro atoms. The second kappa shape index (κ2) is 19.9. The molecule has 6 heteroatoms. The van der Waals surface area contributed by atoms with E-state index < -0.39 is 6.04 Å². The molecule has 0 saturated carbocycles. The number of hydrogen-bond acceptors (Lipinski definition) is 4. The summed E-state index contributed by atoms with van der Waals surface area (Å²) in [7, 11) is 0. The summed E-state index contributed by atoms with van der Waals surface area (Å²) in [4.78, 5) is 36.8. The maximum Gasteiger partial charge on any atom is 0.244 e. The van der Waals surface area contributed by atoms with E-state index >= 15 is 0 Å². The fraction of sp³-hybridized carbons (Fsp3) is 0.850. The van der Waals surface area contributed by atoms with Crippen LogP contribution in [0, 0.1) is 5.92 Å². The smallest absolute Gasteiger partial charge is 0.244 e. The van der Waals surface area contributed by atoms with Gasteiger partial charge in [0.25, 0.3) is 0 Å². The second-order valence-electron chi connectivity index (χ2n) is 5.31. The van der Waals surface area contributed by atoms with E-state index in [1.54, 1.807) is 6.92 Å². The zero-order valence-electron chi connectivity index (χ0n) is 18.4. The molecule has 1 rings (SSSR count). The van der Waals surface area contributed by atoms with Crippen LogP contribution in [-0.4, -0.2) is 41.8 Å². The quantitative estimate of drug-likeness (QED) is 0.503. The molecular weight excluding hydrogens is 330 g/mol. The highest BCUT2D eigenvalue weighted by molar-refractivity contribution is 6.06. The number of rotatable bonds is 8. The molecule has 0 bridgehead atoms. The van der Waals surface area contributed by atoms with E-state index in [9.17, 15) is 14.4 Å². The van der Waals surface area contributed by atoms with Crippen LogP contribution in [-0.2, 0) is 14.4 Å². The van der Waals surface area contributed by atoms with E-state index in [1.165, 1.54) is 0 Å². The number of hydrogen-bond donors (Lipinski definition) is 2. The van der Waals surface area contributed by atoms with Crippen molar-refractivity contribution in [2.24, 2.45) is 11.7 Å². The maximum absolute atomic E-state index is 12.1. The molecular formula is C20H43N3O3. The van der Waals surface area contributed by atoms with E-state index in [2.05, 4.69) is 12.2 Å². The minimum Gasteiger partial charge on any atom is -0.354 e. The van der Waals surface area contributed by atoms with Crippen molar-refractivity contribution in [3.63, 3.8) is 0 Å². The summed E-state index contributed by atoms with van der Waals surface area (Å²) < 4.78 is 0. The summed E-state index contributed by atoms with van der Waals surface area (Å²) >= 11 is 0. The van der Waals surface area contributed by atoms with Crippen molar-refractivity contribution in [3.05, 3.63) is 0 Å². The van der Waals surface area contributed by atoms with Crippen molar-refractivity contribution in [2.75, 3.05) is 13.1 Å². The maximum atomic E-state index is 12.1. The van der Waals surface area contributed by atoms with Gasteiger partial charge in [-0.25, -0.2) is 0 Å². The normalized spacial score (nSPS) is 16.3. The standard InChI is InChI=1S/C14H25N3O3.3C2H6/c1-3-4-5-6-7-16-13(19)11(9-15)17-12(18)8-10(2)14(17)20;3*1-2/h10-11H,3-9,15H2,1-2H3,(H,16,19);3*1-2H3. The average Bonchev–Trinajstić information content (AvgIpc) is 2.93. The van der Waals surface area contributed by atoms with Crippen molar-refractivity contribution in [2.45, 2.75) is 93.5 Å². The number of likely N-dealkylation sites (tertiary alicyclic amines) is 1. The van der Waals surface area contributed by atoms with E-state index in [0.29, 0.717) is 6.54 Å². The Kier molecular flexibility index (Phi) is 22.4. The molecule has 3 N–H and O–H groups in total. The number of nitrogens with two attached hydrogens (primary N) is 1. The summed E-state index contributed by atoms with van der Waals surface area (Å²) in [6, 6.07) is -0.869. The Bertz CT molecular complexity index is 373. The first-order chi connectivity index (χ1) is 12.5. The Hall–Kier alpha value is -1.43. The van der Waals surface area contributed by atoms with Gasteiger partial charge < -0.3 is 11.1 Å². The molecule has 3 amide bonds. The van der Waals surface area contributed by atoms with Gasteiger partial charge >= 0.3 is 0 Å². The lowest BCUT2D eigenvalue weighted by Crippen LogP contribution is -2.53. The van der Waals surface area contributed by atoms with Crippen molar-refractivity contribution in [1.82, 2.24) is 10.2 Å². The molecule has 2 atom stereocenters. The molecule has 0 aromatic carbocycles. The van der Waals surface area contributed by atoms with Gasteiger partial charge in [-0.15, -0.1) is 0 Å². The van der Waals surface area contributed by atoms with E-state index in [0.717, 1.165) is 30.6 Å². The molecule has 6 nitrogen and oxygen atoms in total. The van der Waals surface area contributed by atoms with E-state index in [-0.39, 0.29) is 36.6 Å². The summed E-state index contributed by atoms with van der Waals surface area (Å²) in [5.74, 6) is -1.29. The van der Waals surface area contributed by atoms with Gasteiger partial charge in [-0.2, -0.15) is 0 Å². The molecule has 1 fully saturated rings. The van der Waals surface area contributed by atoms with Gasteiger partial charge in [-0.05, 0) is 6.42 Å². The summed E-state index contributed by atoms with van der Waals surface area (Å²) in [5.41, 5.74) is 5.57. The number of carbonyl (C=O) groups excluding carboxylic acids is 3. The number of carbonyl (C=O) groups is 3. The lowest BCUT2D eigenvalue weighted by molar-refractivity contribution is -0.147. The van der Waals surface area contributed by atoms with Crippen LogP contribution >= 0.6 is 0 Å². The van der Waals surface area contributed by atoms with Gasteiger partial charge in [0, 0.05) is 25.4 Å². The molecule has 0 radical (unpaired) electrons. The fourth-order valence-corrected chi connectivity index (χ4v) is 2.35. The number of nitrogens with zero attached hydrogens (tertiary/aromatic N) is 1.